The van der Waals surface area contributed by atoms with E-state index < -0.39 is 0 Å². The van der Waals surface area contributed by atoms with Gasteiger partial charge in [-0.25, -0.2) is 0 Å². The van der Waals surface area contributed by atoms with Crippen molar-refractivity contribution in [3.05, 3.63) is 71.6 Å². The van der Waals surface area contributed by atoms with Crippen molar-refractivity contribution in [2.45, 2.75) is 26.2 Å². The summed E-state index contributed by atoms with van der Waals surface area (Å²) in [7, 11) is 0. The molecule has 1 aliphatic carbocycles. The van der Waals surface area contributed by atoms with Crippen molar-refractivity contribution >= 4 is 11.0 Å². The fraction of sp³-hybridized carbons (Fsp3) is 0.240. The molecular weight excluding hydrogens is 362 g/mol. The Morgan fingerprint density at radius 3 is 2.62 bits per heavy atom. The SMILES string of the molecule is Cc1ccccc1-c1c2ccc(=N)cc-2oc2cc(OCCCCCO)ccc12. The lowest BCUT2D eigenvalue weighted by molar-refractivity contribution is 0.266. The van der Waals surface area contributed by atoms with E-state index in [-0.39, 0.29) is 6.61 Å². The number of unbranched alkanes of at least 4 members (excludes halogenated alkanes) is 2. The van der Waals surface area contributed by atoms with Crippen LogP contribution in [0.1, 0.15) is 24.8 Å². The standard InChI is InChI=1S/C25H25NO3/c1-17-7-3-4-8-20(17)25-21-11-9-18(26)15-23(21)29-24-16-19(10-12-22(24)25)28-14-6-2-5-13-27/h3-4,7-12,15-16,26-27H,2,5-6,13-14H2,1H3. The summed E-state index contributed by atoms with van der Waals surface area (Å²) in [4.78, 5) is 0. The van der Waals surface area contributed by atoms with E-state index in [1.165, 1.54) is 5.56 Å². The molecule has 1 heterocycles. The molecule has 0 aromatic heterocycles. The van der Waals surface area contributed by atoms with E-state index in [0.717, 1.165) is 52.7 Å². The highest BCUT2D eigenvalue weighted by atomic mass is 16.5. The van der Waals surface area contributed by atoms with E-state index in [2.05, 4.69) is 25.1 Å². The molecule has 0 radical (unpaired) electrons. The number of aliphatic hydroxyl groups is 1. The van der Waals surface area contributed by atoms with Gasteiger partial charge in [0.25, 0.3) is 0 Å². The third kappa shape index (κ3) is 4.03. The van der Waals surface area contributed by atoms with Gasteiger partial charge in [-0.1, -0.05) is 24.3 Å². The summed E-state index contributed by atoms with van der Waals surface area (Å²) in [6.45, 7) is 2.95. The summed E-state index contributed by atoms with van der Waals surface area (Å²) >= 11 is 0. The van der Waals surface area contributed by atoms with Crippen LogP contribution < -0.4 is 10.1 Å². The lowest BCUT2D eigenvalue weighted by Gasteiger charge is -2.17. The molecule has 0 saturated carbocycles. The van der Waals surface area contributed by atoms with Crippen molar-refractivity contribution in [1.29, 1.82) is 5.41 Å². The molecule has 0 atom stereocenters. The van der Waals surface area contributed by atoms with E-state index in [4.69, 9.17) is 19.7 Å². The van der Waals surface area contributed by atoms with Crippen molar-refractivity contribution < 1.29 is 14.3 Å². The number of aliphatic hydroxyl groups excluding tert-OH is 1. The van der Waals surface area contributed by atoms with Crippen molar-refractivity contribution in [2.24, 2.45) is 0 Å². The maximum absolute atomic E-state index is 8.88. The Kier molecular flexibility index (Phi) is 5.63. The minimum absolute atomic E-state index is 0.224. The van der Waals surface area contributed by atoms with Gasteiger partial charge in [0.1, 0.15) is 17.1 Å². The maximum Gasteiger partial charge on any atom is 0.139 e. The van der Waals surface area contributed by atoms with Gasteiger partial charge in [-0.15, -0.1) is 0 Å². The van der Waals surface area contributed by atoms with Crippen molar-refractivity contribution in [1.82, 2.24) is 0 Å². The Morgan fingerprint density at radius 2 is 1.79 bits per heavy atom. The summed E-state index contributed by atoms with van der Waals surface area (Å²) < 4.78 is 12.1. The Labute approximate surface area is 170 Å². The van der Waals surface area contributed by atoms with E-state index in [1.54, 1.807) is 12.1 Å². The molecule has 2 aliphatic rings. The molecule has 4 rings (SSSR count). The molecule has 0 amide bonds. The fourth-order valence-electron chi connectivity index (χ4n) is 3.68. The van der Waals surface area contributed by atoms with Gasteiger partial charge in [0.05, 0.1) is 12.0 Å². The molecule has 4 heteroatoms. The van der Waals surface area contributed by atoms with Gasteiger partial charge in [-0.05, 0) is 61.6 Å². The zero-order valence-corrected chi connectivity index (χ0v) is 16.6. The molecule has 1 aliphatic heterocycles. The number of hydrogen-bond donors (Lipinski definition) is 2. The number of benzene rings is 3. The molecule has 4 nitrogen and oxygen atoms in total. The van der Waals surface area contributed by atoms with Crippen LogP contribution in [0.15, 0.2) is 65.1 Å². The highest BCUT2D eigenvalue weighted by Crippen LogP contribution is 2.41. The summed E-state index contributed by atoms with van der Waals surface area (Å²) in [6.07, 6.45) is 2.66. The highest BCUT2D eigenvalue weighted by molar-refractivity contribution is 6.02. The predicted octanol–water partition coefficient (Wildman–Crippen LogP) is 5.53. The van der Waals surface area contributed by atoms with Gasteiger partial charge >= 0.3 is 0 Å². The van der Waals surface area contributed by atoms with Crippen LogP contribution in [0.25, 0.3) is 33.4 Å². The molecule has 0 bridgehead atoms. The van der Waals surface area contributed by atoms with Crippen LogP contribution in [0.3, 0.4) is 0 Å². The Balaban J connectivity index is 1.82. The summed E-state index contributed by atoms with van der Waals surface area (Å²) in [5.74, 6) is 1.46. The third-order valence-electron chi connectivity index (χ3n) is 5.18. The molecule has 0 unspecified atom stereocenters. The largest absolute Gasteiger partial charge is 0.493 e. The molecule has 29 heavy (non-hydrogen) atoms. The monoisotopic (exact) mass is 387 g/mol. The van der Waals surface area contributed by atoms with E-state index in [9.17, 15) is 0 Å². The number of hydrogen-bond acceptors (Lipinski definition) is 4. The first-order chi connectivity index (χ1) is 14.2. The molecular formula is C25H25NO3. The summed E-state index contributed by atoms with van der Waals surface area (Å²) in [6, 6.07) is 19.8. The fourth-order valence-corrected chi connectivity index (χ4v) is 3.68. The molecule has 0 saturated heterocycles. The first-order valence-electron chi connectivity index (χ1n) is 10.0. The number of ether oxygens (including phenoxy) is 1. The number of aryl methyl sites for hydroxylation is 1. The van der Waals surface area contributed by atoms with Crippen LogP contribution >= 0.6 is 0 Å². The Hall–Kier alpha value is -3.11. The van der Waals surface area contributed by atoms with Gasteiger partial charge in [0.15, 0.2) is 0 Å². The number of fused-ring (bicyclic) bond motifs is 2. The van der Waals surface area contributed by atoms with Crippen molar-refractivity contribution in [3.8, 4) is 28.2 Å². The zero-order chi connectivity index (χ0) is 20.2. The average Bonchev–Trinajstić information content (AvgIpc) is 2.72. The van der Waals surface area contributed by atoms with Crippen molar-refractivity contribution in [3.63, 3.8) is 0 Å². The molecule has 0 spiro atoms. The lowest BCUT2D eigenvalue weighted by atomic mass is 9.91. The van der Waals surface area contributed by atoms with E-state index in [1.807, 2.05) is 30.3 Å². The number of nitrogens with one attached hydrogen (secondary N) is 1. The third-order valence-corrected chi connectivity index (χ3v) is 5.18. The van der Waals surface area contributed by atoms with Gasteiger partial charge in [-0.2, -0.15) is 0 Å². The average molecular weight is 387 g/mol. The first kappa shape index (κ1) is 19.2. The second kappa shape index (κ2) is 8.50. The van der Waals surface area contributed by atoms with Crippen LogP contribution in [0.2, 0.25) is 0 Å². The minimum Gasteiger partial charge on any atom is -0.493 e. The molecule has 2 aromatic carbocycles. The second-order valence-electron chi connectivity index (χ2n) is 7.29. The quantitative estimate of drug-likeness (QED) is 0.323. The topological polar surface area (TPSA) is 66.5 Å². The predicted molar refractivity (Wildman–Crippen MR) is 115 cm³/mol. The molecule has 148 valence electrons. The normalized spacial score (nSPS) is 11.2. The number of rotatable bonds is 7. The Bertz CT molecular complexity index is 1160. The van der Waals surface area contributed by atoms with Gasteiger partial charge in [0.2, 0.25) is 0 Å². The smallest absolute Gasteiger partial charge is 0.139 e. The molecule has 0 fully saturated rings. The lowest BCUT2D eigenvalue weighted by Crippen LogP contribution is -2.01. The van der Waals surface area contributed by atoms with Crippen LogP contribution in [0.5, 0.6) is 5.75 Å². The minimum atomic E-state index is 0.224. The van der Waals surface area contributed by atoms with Crippen LogP contribution in [0.4, 0.5) is 0 Å². The van der Waals surface area contributed by atoms with Crippen molar-refractivity contribution in [2.75, 3.05) is 13.2 Å². The molecule has 2 N–H and O–H groups in total. The van der Waals surface area contributed by atoms with Crippen LogP contribution in [-0.4, -0.2) is 18.3 Å². The maximum atomic E-state index is 8.88. The first-order valence-corrected chi connectivity index (χ1v) is 10.0. The van der Waals surface area contributed by atoms with Gasteiger partial charge in [0, 0.05) is 35.3 Å². The van der Waals surface area contributed by atoms with Gasteiger partial charge < -0.3 is 19.7 Å². The van der Waals surface area contributed by atoms with E-state index >= 15 is 0 Å². The summed E-state index contributed by atoms with van der Waals surface area (Å²) in [5, 5.41) is 18.3. The van der Waals surface area contributed by atoms with E-state index in [0.29, 0.717) is 17.7 Å². The summed E-state index contributed by atoms with van der Waals surface area (Å²) in [5.41, 5.74) is 5.22. The zero-order valence-electron chi connectivity index (χ0n) is 16.6. The second-order valence-corrected chi connectivity index (χ2v) is 7.29. The van der Waals surface area contributed by atoms with Crippen LogP contribution in [-0.2, 0) is 0 Å². The molecule has 2 aromatic rings. The highest BCUT2D eigenvalue weighted by Gasteiger charge is 2.18. The van der Waals surface area contributed by atoms with Crippen LogP contribution in [0, 0.1) is 12.3 Å². The Morgan fingerprint density at radius 1 is 0.931 bits per heavy atom. The van der Waals surface area contributed by atoms with Gasteiger partial charge in [-0.3, -0.25) is 0 Å².